The molecule has 0 heterocycles. The highest BCUT2D eigenvalue weighted by atomic mass is 32.2. The van der Waals surface area contributed by atoms with Gasteiger partial charge in [0.25, 0.3) is 10.0 Å². The molecule has 1 amide bonds. The van der Waals surface area contributed by atoms with Crippen molar-refractivity contribution in [3.8, 4) is 11.5 Å². The SMILES string of the molecule is CCCCNC(=O)CN(c1ccc(Oc2ccccc2)cc1)S(=O)(=O)c1ccc(C)cc1. The summed E-state index contributed by atoms with van der Waals surface area (Å²) in [4.78, 5) is 12.6. The molecule has 3 aromatic carbocycles. The Bertz CT molecular complexity index is 1110. The molecule has 0 radical (unpaired) electrons. The lowest BCUT2D eigenvalue weighted by Gasteiger charge is -2.24. The second kappa shape index (κ2) is 10.8. The summed E-state index contributed by atoms with van der Waals surface area (Å²) in [6.45, 7) is 4.12. The minimum absolute atomic E-state index is 0.133. The molecule has 0 aliphatic carbocycles. The number of hydrogen-bond donors (Lipinski definition) is 1. The van der Waals surface area contributed by atoms with Crippen molar-refractivity contribution in [3.05, 3.63) is 84.4 Å². The highest BCUT2D eigenvalue weighted by Crippen LogP contribution is 2.28. The van der Waals surface area contributed by atoms with Gasteiger partial charge in [-0.1, -0.05) is 49.2 Å². The zero-order valence-electron chi connectivity index (χ0n) is 18.3. The second-order valence-corrected chi connectivity index (χ2v) is 9.30. The van der Waals surface area contributed by atoms with E-state index in [-0.39, 0.29) is 17.3 Å². The predicted octanol–water partition coefficient (Wildman–Crippen LogP) is 4.90. The Kier molecular flexibility index (Phi) is 7.89. The number of rotatable bonds is 10. The summed E-state index contributed by atoms with van der Waals surface area (Å²) in [5.41, 5.74) is 1.34. The van der Waals surface area contributed by atoms with Gasteiger partial charge in [-0.25, -0.2) is 8.42 Å². The van der Waals surface area contributed by atoms with Crippen LogP contribution in [-0.2, 0) is 14.8 Å². The van der Waals surface area contributed by atoms with E-state index in [1.807, 2.05) is 44.2 Å². The maximum Gasteiger partial charge on any atom is 0.264 e. The molecule has 1 N–H and O–H groups in total. The molecule has 3 rings (SSSR count). The largest absolute Gasteiger partial charge is 0.457 e. The number of carbonyl (C=O) groups excluding carboxylic acids is 1. The Labute approximate surface area is 189 Å². The molecule has 0 aliphatic heterocycles. The molecule has 3 aromatic rings. The van der Waals surface area contributed by atoms with E-state index in [1.54, 1.807) is 48.5 Å². The normalized spacial score (nSPS) is 11.1. The van der Waals surface area contributed by atoms with Crippen LogP contribution in [0.1, 0.15) is 25.3 Å². The first-order valence-corrected chi connectivity index (χ1v) is 12.0. The van der Waals surface area contributed by atoms with Gasteiger partial charge in [-0.15, -0.1) is 0 Å². The van der Waals surface area contributed by atoms with Gasteiger partial charge in [-0.3, -0.25) is 9.10 Å². The standard InChI is InChI=1S/C25H28N2O4S/c1-3-4-18-26-25(28)19-27(32(29,30)24-16-10-20(2)11-17-24)21-12-14-23(15-13-21)31-22-8-6-5-7-9-22/h5-17H,3-4,18-19H2,1-2H3,(H,26,28). The van der Waals surface area contributed by atoms with Crippen LogP contribution >= 0.6 is 0 Å². The average molecular weight is 453 g/mol. The molecule has 0 unspecified atom stereocenters. The highest BCUT2D eigenvalue weighted by molar-refractivity contribution is 7.92. The smallest absolute Gasteiger partial charge is 0.264 e. The third-order valence-electron chi connectivity index (χ3n) is 4.85. The number of carbonyl (C=O) groups is 1. The molecule has 6 nitrogen and oxygen atoms in total. The molecule has 7 heteroatoms. The van der Waals surface area contributed by atoms with Crippen molar-refractivity contribution in [2.24, 2.45) is 0 Å². The predicted molar refractivity (Wildman–Crippen MR) is 127 cm³/mol. The van der Waals surface area contributed by atoms with E-state index < -0.39 is 10.0 Å². The van der Waals surface area contributed by atoms with E-state index in [4.69, 9.17) is 4.74 Å². The van der Waals surface area contributed by atoms with Crippen LogP contribution in [0.25, 0.3) is 0 Å². The Morgan fingerprint density at radius 1 is 0.906 bits per heavy atom. The van der Waals surface area contributed by atoms with E-state index in [2.05, 4.69) is 5.32 Å². The Balaban J connectivity index is 1.87. The van der Waals surface area contributed by atoms with Crippen molar-refractivity contribution in [3.63, 3.8) is 0 Å². The molecule has 0 saturated heterocycles. The third-order valence-corrected chi connectivity index (χ3v) is 6.64. The minimum atomic E-state index is -3.94. The average Bonchev–Trinajstić information content (AvgIpc) is 2.79. The quantitative estimate of drug-likeness (QED) is 0.444. The first-order valence-electron chi connectivity index (χ1n) is 10.6. The van der Waals surface area contributed by atoms with Crippen molar-refractivity contribution in [1.29, 1.82) is 0 Å². The Morgan fingerprint density at radius 3 is 2.16 bits per heavy atom. The molecule has 0 aliphatic rings. The summed E-state index contributed by atoms with van der Waals surface area (Å²) in [5.74, 6) is 0.901. The van der Waals surface area contributed by atoms with Crippen molar-refractivity contribution < 1.29 is 17.9 Å². The molecule has 0 spiro atoms. The van der Waals surface area contributed by atoms with Crippen molar-refractivity contribution in [2.75, 3.05) is 17.4 Å². The lowest BCUT2D eigenvalue weighted by atomic mass is 10.2. The summed E-state index contributed by atoms with van der Waals surface area (Å²) < 4.78 is 33.7. The monoisotopic (exact) mass is 452 g/mol. The molecule has 0 aromatic heterocycles. The van der Waals surface area contributed by atoms with Crippen LogP contribution in [0.3, 0.4) is 0 Å². The number of aryl methyl sites for hydroxylation is 1. The molecular formula is C25H28N2O4S. The summed E-state index contributed by atoms with van der Waals surface area (Å²) in [6.07, 6.45) is 1.77. The van der Waals surface area contributed by atoms with Gasteiger partial charge in [0.2, 0.25) is 5.91 Å². The zero-order valence-corrected chi connectivity index (χ0v) is 19.1. The lowest BCUT2D eigenvalue weighted by molar-refractivity contribution is -0.119. The zero-order chi connectivity index (χ0) is 23.0. The van der Waals surface area contributed by atoms with Crippen molar-refractivity contribution in [2.45, 2.75) is 31.6 Å². The molecule has 168 valence electrons. The highest BCUT2D eigenvalue weighted by Gasteiger charge is 2.27. The van der Waals surface area contributed by atoms with Gasteiger partial charge in [0.05, 0.1) is 10.6 Å². The van der Waals surface area contributed by atoms with Crippen LogP contribution in [0, 0.1) is 6.92 Å². The first-order chi connectivity index (χ1) is 15.4. The molecule has 0 fully saturated rings. The number of benzene rings is 3. The van der Waals surface area contributed by atoms with E-state index in [0.717, 1.165) is 22.7 Å². The van der Waals surface area contributed by atoms with Crippen molar-refractivity contribution >= 4 is 21.6 Å². The van der Waals surface area contributed by atoms with Crippen LogP contribution in [0.4, 0.5) is 5.69 Å². The second-order valence-electron chi connectivity index (χ2n) is 7.44. The molecule has 0 bridgehead atoms. The third kappa shape index (κ3) is 6.11. The van der Waals surface area contributed by atoms with Gasteiger partial charge in [0.1, 0.15) is 18.0 Å². The van der Waals surface area contributed by atoms with Gasteiger partial charge in [0, 0.05) is 6.54 Å². The van der Waals surface area contributed by atoms with Gasteiger partial charge < -0.3 is 10.1 Å². The summed E-state index contributed by atoms with van der Waals surface area (Å²) >= 11 is 0. The fourth-order valence-electron chi connectivity index (χ4n) is 3.05. The van der Waals surface area contributed by atoms with Gasteiger partial charge in [0.15, 0.2) is 0 Å². The number of nitrogens with one attached hydrogen (secondary N) is 1. The number of nitrogens with zero attached hydrogens (tertiary/aromatic N) is 1. The van der Waals surface area contributed by atoms with Crippen LogP contribution in [0.15, 0.2) is 83.8 Å². The molecular weight excluding hydrogens is 424 g/mol. The number of unbranched alkanes of at least 4 members (excludes halogenated alkanes) is 1. The first kappa shape index (κ1) is 23.3. The fourth-order valence-corrected chi connectivity index (χ4v) is 4.47. The number of sulfonamides is 1. The topological polar surface area (TPSA) is 75.7 Å². The van der Waals surface area contributed by atoms with E-state index in [1.165, 1.54) is 0 Å². The Morgan fingerprint density at radius 2 is 1.53 bits per heavy atom. The van der Waals surface area contributed by atoms with Gasteiger partial charge in [-0.05, 0) is 61.9 Å². The van der Waals surface area contributed by atoms with Crippen molar-refractivity contribution in [1.82, 2.24) is 5.32 Å². The molecule has 0 saturated carbocycles. The maximum atomic E-state index is 13.4. The number of amides is 1. The Hall–Kier alpha value is -3.32. The molecule has 0 atom stereocenters. The number of anilines is 1. The number of hydrogen-bond acceptors (Lipinski definition) is 4. The minimum Gasteiger partial charge on any atom is -0.457 e. The summed E-state index contributed by atoms with van der Waals surface area (Å²) in [6, 6.07) is 22.6. The summed E-state index contributed by atoms with van der Waals surface area (Å²) in [5, 5.41) is 2.79. The molecule has 32 heavy (non-hydrogen) atoms. The summed E-state index contributed by atoms with van der Waals surface area (Å²) in [7, 11) is -3.94. The van der Waals surface area contributed by atoms with Crippen LogP contribution in [0.2, 0.25) is 0 Å². The van der Waals surface area contributed by atoms with E-state index in [0.29, 0.717) is 23.7 Å². The van der Waals surface area contributed by atoms with Gasteiger partial charge in [-0.2, -0.15) is 0 Å². The van der Waals surface area contributed by atoms with E-state index >= 15 is 0 Å². The van der Waals surface area contributed by atoms with Crippen LogP contribution in [-0.4, -0.2) is 27.4 Å². The fraction of sp³-hybridized carbons (Fsp3) is 0.240. The van der Waals surface area contributed by atoms with E-state index in [9.17, 15) is 13.2 Å². The number of para-hydroxylation sites is 1. The lowest BCUT2D eigenvalue weighted by Crippen LogP contribution is -2.41. The van der Waals surface area contributed by atoms with Gasteiger partial charge >= 0.3 is 0 Å². The van der Waals surface area contributed by atoms with Crippen LogP contribution < -0.4 is 14.4 Å². The number of ether oxygens (including phenoxy) is 1. The van der Waals surface area contributed by atoms with Crippen LogP contribution in [0.5, 0.6) is 11.5 Å². The maximum absolute atomic E-state index is 13.4.